The number of aryl methyl sites for hydroxylation is 1. The molecule has 0 aromatic carbocycles. The number of nitrogens with one attached hydrogen (secondary N) is 1. The molecule has 0 bridgehead atoms. The quantitative estimate of drug-likeness (QED) is 0.906. The number of pyridine rings is 1. The van der Waals surface area contributed by atoms with Gasteiger partial charge in [0.1, 0.15) is 10.3 Å². The molecular weight excluding hydrogens is 230 g/mol. The van der Waals surface area contributed by atoms with Crippen molar-refractivity contribution in [2.45, 2.75) is 25.7 Å². The molecule has 1 aliphatic rings. The molecule has 1 fully saturated rings. The second-order valence-electron chi connectivity index (χ2n) is 4.69. The van der Waals surface area contributed by atoms with Crippen LogP contribution >= 0.6 is 11.3 Å². The van der Waals surface area contributed by atoms with Crippen molar-refractivity contribution in [3.63, 3.8) is 0 Å². The Morgan fingerprint density at radius 2 is 2.47 bits per heavy atom. The number of hydrogen-bond donors (Lipinski definition) is 1. The summed E-state index contributed by atoms with van der Waals surface area (Å²) in [5.41, 5.74) is 1.05. The fourth-order valence-corrected chi connectivity index (χ4v) is 3.34. The van der Waals surface area contributed by atoms with Crippen LogP contribution in [0.3, 0.4) is 0 Å². The first-order valence-electron chi connectivity index (χ1n) is 6.33. The minimum Gasteiger partial charge on any atom is -0.316 e. The third-order valence-corrected chi connectivity index (χ3v) is 4.42. The van der Waals surface area contributed by atoms with Crippen LogP contribution in [0.4, 0.5) is 0 Å². The Labute approximate surface area is 105 Å². The molecule has 0 aliphatic carbocycles. The zero-order valence-corrected chi connectivity index (χ0v) is 10.7. The zero-order chi connectivity index (χ0) is 11.5. The molecule has 17 heavy (non-hydrogen) atoms. The molecule has 1 atom stereocenters. The molecule has 0 spiro atoms. The van der Waals surface area contributed by atoms with Gasteiger partial charge in [0, 0.05) is 6.20 Å². The van der Waals surface area contributed by atoms with Crippen LogP contribution in [-0.2, 0) is 6.42 Å². The van der Waals surface area contributed by atoms with Crippen molar-refractivity contribution < 1.29 is 0 Å². The van der Waals surface area contributed by atoms with Gasteiger partial charge in [-0.15, -0.1) is 0 Å². The van der Waals surface area contributed by atoms with E-state index in [0.29, 0.717) is 0 Å². The van der Waals surface area contributed by atoms with Gasteiger partial charge >= 0.3 is 0 Å². The molecular formula is C13H17N3S. The van der Waals surface area contributed by atoms with Gasteiger partial charge in [0.15, 0.2) is 0 Å². The van der Waals surface area contributed by atoms with E-state index in [1.54, 1.807) is 11.3 Å². The topological polar surface area (TPSA) is 37.8 Å². The summed E-state index contributed by atoms with van der Waals surface area (Å²) < 4.78 is 0. The zero-order valence-electron chi connectivity index (χ0n) is 9.85. The van der Waals surface area contributed by atoms with Gasteiger partial charge in [0.2, 0.25) is 0 Å². The van der Waals surface area contributed by atoms with Crippen molar-refractivity contribution in [1.82, 2.24) is 15.3 Å². The highest BCUT2D eigenvalue weighted by Crippen LogP contribution is 2.23. The largest absolute Gasteiger partial charge is 0.316 e. The van der Waals surface area contributed by atoms with Crippen LogP contribution in [0.1, 0.15) is 24.3 Å². The lowest BCUT2D eigenvalue weighted by molar-refractivity contribution is 0.358. The molecule has 3 heterocycles. The van der Waals surface area contributed by atoms with Gasteiger partial charge in [0.25, 0.3) is 0 Å². The first kappa shape index (κ1) is 11.1. The maximum atomic E-state index is 4.63. The molecule has 0 amide bonds. The third kappa shape index (κ3) is 2.64. The molecule has 1 saturated heterocycles. The van der Waals surface area contributed by atoms with Crippen molar-refractivity contribution in [2.24, 2.45) is 5.92 Å². The van der Waals surface area contributed by atoms with Crippen LogP contribution in [0, 0.1) is 5.92 Å². The Bertz CT molecular complexity index is 455. The predicted molar refractivity (Wildman–Crippen MR) is 71.3 cm³/mol. The fourth-order valence-electron chi connectivity index (χ4n) is 2.42. The van der Waals surface area contributed by atoms with E-state index >= 15 is 0 Å². The molecule has 1 unspecified atom stereocenters. The summed E-state index contributed by atoms with van der Waals surface area (Å²) in [5.74, 6) is 0.837. The lowest BCUT2D eigenvalue weighted by atomic mass is 9.95. The predicted octanol–water partition coefficient (Wildman–Crippen LogP) is 2.62. The van der Waals surface area contributed by atoms with Gasteiger partial charge in [-0.25, -0.2) is 9.97 Å². The molecule has 0 radical (unpaired) electrons. The Balaban J connectivity index is 1.64. The lowest BCUT2D eigenvalue weighted by Gasteiger charge is -2.21. The van der Waals surface area contributed by atoms with Gasteiger partial charge < -0.3 is 5.32 Å². The molecule has 3 rings (SSSR count). The van der Waals surface area contributed by atoms with Crippen molar-refractivity contribution in [2.75, 3.05) is 13.1 Å². The van der Waals surface area contributed by atoms with E-state index in [1.807, 2.05) is 18.3 Å². The summed E-state index contributed by atoms with van der Waals surface area (Å²) in [5, 5.41) is 4.71. The summed E-state index contributed by atoms with van der Waals surface area (Å²) in [6, 6.07) is 4.00. The number of rotatable bonds is 3. The average molecular weight is 247 g/mol. The highest BCUT2D eigenvalue weighted by molar-refractivity contribution is 7.18. The average Bonchev–Trinajstić information content (AvgIpc) is 2.80. The van der Waals surface area contributed by atoms with Crippen LogP contribution in [0.25, 0.3) is 10.3 Å². The standard InChI is InChI=1S/C13H17N3S/c1-3-10(9-14-7-1)5-6-12-16-11-4-2-8-15-13(11)17-12/h2,4,8,10,14H,1,3,5-7,9H2. The number of thiazole rings is 1. The van der Waals surface area contributed by atoms with E-state index in [0.717, 1.165) is 22.7 Å². The number of hydrogen-bond acceptors (Lipinski definition) is 4. The second kappa shape index (κ2) is 5.10. The maximum absolute atomic E-state index is 4.63. The molecule has 1 aliphatic heterocycles. The summed E-state index contributed by atoms with van der Waals surface area (Å²) in [7, 11) is 0. The lowest BCUT2D eigenvalue weighted by Crippen LogP contribution is -2.29. The number of aromatic nitrogens is 2. The first-order valence-corrected chi connectivity index (χ1v) is 7.14. The van der Waals surface area contributed by atoms with E-state index in [2.05, 4.69) is 15.3 Å². The first-order chi connectivity index (χ1) is 8.42. The minimum atomic E-state index is 0.837. The molecule has 4 heteroatoms. The minimum absolute atomic E-state index is 0.837. The van der Waals surface area contributed by atoms with Gasteiger partial charge in [0.05, 0.1) is 5.01 Å². The number of fused-ring (bicyclic) bond motifs is 1. The van der Waals surface area contributed by atoms with Gasteiger partial charge in [-0.1, -0.05) is 11.3 Å². The van der Waals surface area contributed by atoms with Crippen LogP contribution in [0.5, 0.6) is 0 Å². The molecule has 2 aromatic heterocycles. The van der Waals surface area contributed by atoms with Crippen LogP contribution in [-0.4, -0.2) is 23.1 Å². The van der Waals surface area contributed by atoms with E-state index in [9.17, 15) is 0 Å². The van der Waals surface area contributed by atoms with E-state index in [-0.39, 0.29) is 0 Å². The van der Waals surface area contributed by atoms with Gasteiger partial charge in [-0.05, 0) is 56.8 Å². The van der Waals surface area contributed by atoms with Crippen molar-refractivity contribution in [3.8, 4) is 0 Å². The van der Waals surface area contributed by atoms with Crippen LogP contribution < -0.4 is 5.32 Å². The van der Waals surface area contributed by atoms with Crippen molar-refractivity contribution in [1.29, 1.82) is 0 Å². The van der Waals surface area contributed by atoms with E-state index in [1.165, 1.54) is 37.4 Å². The van der Waals surface area contributed by atoms with Gasteiger partial charge in [-0.2, -0.15) is 0 Å². The summed E-state index contributed by atoms with van der Waals surface area (Å²) >= 11 is 1.74. The second-order valence-corrected chi connectivity index (χ2v) is 5.75. The van der Waals surface area contributed by atoms with Gasteiger partial charge in [-0.3, -0.25) is 0 Å². The van der Waals surface area contributed by atoms with Crippen molar-refractivity contribution >= 4 is 21.7 Å². The van der Waals surface area contributed by atoms with E-state index in [4.69, 9.17) is 0 Å². The molecule has 1 N–H and O–H groups in total. The smallest absolute Gasteiger partial charge is 0.143 e. The molecule has 3 nitrogen and oxygen atoms in total. The Kier molecular flexibility index (Phi) is 3.34. The molecule has 2 aromatic rings. The SMILES string of the molecule is c1cnc2sc(CCC3CCCNC3)nc2c1. The number of piperidine rings is 1. The highest BCUT2D eigenvalue weighted by Gasteiger charge is 2.13. The summed E-state index contributed by atoms with van der Waals surface area (Å²) in [6.07, 6.45) is 6.90. The third-order valence-electron chi connectivity index (χ3n) is 3.38. The Hall–Kier alpha value is -1.00. The molecule has 0 saturated carbocycles. The van der Waals surface area contributed by atoms with Crippen LogP contribution in [0.2, 0.25) is 0 Å². The van der Waals surface area contributed by atoms with Crippen LogP contribution in [0.15, 0.2) is 18.3 Å². The Morgan fingerprint density at radius 3 is 3.29 bits per heavy atom. The highest BCUT2D eigenvalue weighted by atomic mass is 32.1. The fraction of sp³-hybridized carbons (Fsp3) is 0.538. The monoisotopic (exact) mass is 247 g/mol. The normalized spacial score (nSPS) is 20.8. The van der Waals surface area contributed by atoms with E-state index < -0.39 is 0 Å². The Morgan fingerprint density at radius 1 is 1.47 bits per heavy atom. The maximum Gasteiger partial charge on any atom is 0.143 e. The number of nitrogens with zero attached hydrogens (tertiary/aromatic N) is 2. The van der Waals surface area contributed by atoms with Crippen molar-refractivity contribution in [3.05, 3.63) is 23.3 Å². The molecule has 90 valence electrons. The summed E-state index contributed by atoms with van der Waals surface area (Å²) in [4.78, 5) is 10.0. The summed E-state index contributed by atoms with van der Waals surface area (Å²) in [6.45, 7) is 2.38.